The van der Waals surface area contributed by atoms with Crippen molar-refractivity contribution in [3.05, 3.63) is 23.8 Å². The van der Waals surface area contributed by atoms with Gasteiger partial charge in [-0.3, -0.25) is 0 Å². The van der Waals surface area contributed by atoms with Gasteiger partial charge in [0.1, 0.15) is 5.75 Å². The molecular weight excluding hydrogens is 268 g/mol. The molecule has 5 nitrogen and oxygen atoms in total. The first kappa shape index (κ1) is 16.1. The van der Waals surface area contributed by atoms with Crippen molar-refractivity contribution in [3.8, 4) is 5.75 Å². The number of likely N-dealkylation sites (N-methyl/N-ethyl adjacent to an activating group) is 1. The van der Waals surface area contributed by atoms with E-state index in [2.05, 4.69) is 9.80 Å². The van der Waals surface area contributed by atoms with Crippen molar-refractivity contribution in [1.82, 2.24) is 4.90 Å². The monoisotopic (exact) mass is 294 g/mol. The Bertz CT molecular complexity index is 477. The Morgan fingerprint density at radius 1 is 1.43 bits per heavy atom. The maximum Gasteiger partial charge on any atom is 0.126 e. The minimum absolute atomic E-state index is 0.236. The van der Waals surface area contributed by atoms with Crippen molar-refractivity contribution >= 4 is 5.69 Å². The third-order valence-electron chi connectivity index (χ3n) is 3.96. The average Bonchev–Trinajstić information content (AvgIpc) is 2.77. The number of aliphatic hydroxyl groups excluding tert-OH is 2. The SMILES string of the molecule is COc1cccc(N2CC(O)CC2CN(C)C)c1[C@H](C)O. The molecular formula is C16H26N2O3. The number of rotatable bonds is 5. The largest absolute Gasteiger partial charge is 0.496 e. The van der Waals surface area contributed by atoms with E-state index in [1.807, 2.05) is 32.3 Å². The summed E-state index contributed by atoms with van der Waals surface area (Å²) >= 11 is 0. The minimum atomic E-state index is -0.617. The number of aliphatic hydroxyl groups is 2. The molecule has 0 bridgehead atoms. The number of methoxy groups -OCH3 is 1. The van der Waals surface area contributed by atoms with Crippen LogP contribution in [0.1, 0.15) is 25.0 Å². The summed E-state index contributed by atoms with van der Waals surface area (Å²) < 4.78 is 5.39. The topological polar surface area (TPSA) is 56.2 Å². The number of anilines is 1. The Morgan fingerprint density at radius 3 is 2.71 bits per heavy atom. The molecule has 0 saturated carbocycles. The molecule has 3 atom stereocenters. The van der Waals surface area contributed by atoms with Gasteiger partial charge < -0.3 is 24.7 Å². The lowest BCUT2D eigenvalue weighted by atomic mass is 10.0. The average molecular weight is 294 g/mol. The summed E-state index contributed by atoms with van der Waals surface area (Å²) in [7, 11) is 5.68. The molecule has 1 aromatic carbocycles. The molecule has 0 aromatic heterocycles. The van der Waals surface area contributed by atoms with Crippen LogP contribution >= 0.6 is 0 Å². The maximum atomic E-state index is 10.1. The molecule has 0 aliphatic carbocycles. The summed E-state index contributed by atoms with van der Waals surface area (Å²) in [5.74, 6) is 0.687. The van der Waals surface area contributed by atoms with Crippen LogP contribution in [0.2, 0.25) is 0 Å². The molecule has 0 spiro atoms. The normalized spacial score (nSPS) is 23.7. The first-order valence-corrected chi connectivity index (χ1v) is 7.38. The third-order valence-corrected chi connectivity index (χ3v) is 3.96. The number of ether oxygens (including phenoxy) is 1. The fourth-order valence-corrected chi connectivity index (χ4v) is 3.16. The third kappa shape index (κ3) is 3.48. The summed E-state index contributed by atoms with van der Waals surface area (Å²) in [6, 6.07) is 6.02. The molecule has 1 fully saturated rings. The van der Waals surface area contributed by atoms with E-state index >= 15 is 0 Å². The van der Waals surface area contributed by atoms with E-state index in [0.29, 0.717) is 12.3 Å². The number of nitrogens with zero attached hydrogens (tertiary/aromatic N) is 2. The van der Waals surface area contributed by atoms with E-state index < -0.39 is 6.10 Å². The van der Waals surface area contributed by atoms with Gasteiger partial charge >= 0.3 is 0 Å². The summed E-state index contributed by atoms with van der Waals surface area (Å²) in [5.41, 5.74) is 1.74. The van der Waals surface area contributed by atoms with Crippen molar-refractivity contribution in [2.75, 3.05) is 39.2 Å². The lowest BCUT2D eigenvalue weighted by Crippen LogP contribution is -2.38. The Balaban J connectivity index is 2.39. The molecule has 1 saturated heterocycles. The highest BCUT2D eigenvalue weighted by Gasteiger charge is 2.33. The van der Waals surface area contributed by atoms with E-state index in [-0.39, 0.29) is 12.1 Å². The molecule has 1 aromatic rings. The van der Waals surface area contributed by atoms with Crippen molar-refractivity contribution in [1.29, 1.82) is 0 Å². The van der Waals surface area contributed by atoms with Crippen LogP contribution in [0, 0.1) is 0 Å². The first-order valence-electron chi connectivity index (χ1n) is 7.38. The van der Waals surface area contributed by atoms with Crippen molar-refractivity contribution in [2.45, 2.75) is 31.6 Å². The van der Waals surface area contributed by atoms with Crippen LogP contribution in [0.15, 0.2) is 18.2 Å². The van der Waals surface area contributed by atoms with E-state index in [1.54, 1.807) is 14.0 Å². The second kappa shape index (κ2) is 6.64. The second-order valence-electron chi connectivity index (χ2n) is 6.03. The van der Waals surface area contributed by atoms with Crippen LogP contribution in [0.3, 0.4) is 0 Å². The van der Waals surface area contributed by atoms with E-state index in [9.17, 15) is 10.2 Å². The lowest BCUT2D eigenvalue weighted by molar-refractivity contribution is 0.190. The predicted octanol–water partition coefficient (Wildman–Crippen LogP) is 1.25. The van der Waals surface area contributed by atoms with Gasteiger partial charge in [-0.15, -0.1) is 0 Å². The van der Waals surface area contributed by atoms with Crippen molar-refractivity contribution in [2.24, 2.45) is 0 Å². The van der Waals surface area contributed by atoms with Crippen molar-refractivity contribution < 1.29 is 14.9 Å². The standard InChI is InChI=1S/C16H26N2O3/c1-11(19)16-14(6-5-7-15(16)21-4)18-10-13(20)8-12(18)9-17(2)3/h5-7,11-13,19-20H,8-10H2,1-4H3/t11-,12?,13?/m0/s1. The van der Waals surface area contributed by atoms with Crippen LogP contribution in [-0.4, -0.2) is 61.6 Å². The second-order valence-corrected chi connectivity index (χ2v) is 6.03. The molecule has 0 amide bonds. The Hall–Kier alpha value is -1.30. The smallest absolute Gasteiger partial charge is 0.126 e. The van der Waals surface area contributed by atoms with Crippen LogP contribution in [0.25, 0.3) is 0 Å². The van der Waals surface area contributed by atoms with Gasteiger partial charge in [0.2, 0.25) is 0 Å². The Kier molecular flexibility index (Phi) is 5.08. The van der Waals surface area contributed by atoms with Crippen molar-refractivity contribution in [3.63, 3.8) is 0 Å². The molecule has 21 heavy (non-hydrogen) atoms. The van der Waals surface area contributed by atoms with Crippen LogP contribution in [0.4, 0.5) is 5.69 Å². The molecule has 1 heterocycles. The molecule has 5 heteroatoms. The van der Waals surface area contributed by atoms with Crippen LogP contribution in [0.5, 0.6) is 5.75 Å². The summed E-state index contributed by atoms with van der Waals surface area (Å²) in [5, 5.41) is 20.2. The quantitative estimate of drug-likeness (QED) is 0.856. The number of benzene rings is 1. The van der Waals surface area contributed by atoms with E-state index in [1.165, 1.54) is 0 Å². The van der Waals surface area contributed by atoms with Gasteiger partial charge in [0.05, 0.1) is 19.3 Å². The molecule has 118 valence electrons. The Morgan fingerprint density at radius 2 is 2.14 bits per heavy atom. The highest BCUT2D eigenvalue weighted by molar-refractivity contribution is 5.61. The number of hydrogen-bond acceptors (Lipinski definition) is 5. The highest BCUT2D eigenvalue weighted by Crippen LogP contribution is 2.37. The van der Waals surface area contributed by atoms with Gasteiger partial charge in [-0.2, -0.15) is 0 Å². The molecule has 1 aliphatic heterocycles. The fourth-order valence-electron chi connectivity index (χ4n) is 3.16. The van der Waals surface area contributed by atoms with Gasteiger partial charge in [0.15, 0.2) is 0 Å². The van der Waals surface area contributed by atoms with Crippen LogP contribution < -0.4 is 9.64 Å². The van der Waals surface area contributed by atoms with Gasteiger partial charge in [0.25, 0.3) is 0 Å². The summed E-state index contributed by atoms with van der Waals surface area (Å²) in [6.07, 6.45) is -0.203. The van der Waals surface area contributed by atoms with Gasteiger partial charge in [0, 0.05) is 30.4 Å². The maximum absolute atomic E-state index is 10.1. The molecule has 0 radical (unpaired) electrons. The Labute approximate surface area is 126 Å². The zero-order valence-electron chi connectivity index (χ0n) is 13.3. The van der Waals surface area contributed by atoms with Crippen LogP contribution in [-0.2, 0) is 0 Å². The molecule has 2 unspecified atom stereocenters. The molecule has 1 aliphatic rings. The number of hydrogen-bond donors (Lipinski definition) is 2. The van der Waals surface area contributed by atoms with Gasteiger partial charge in [-0.1, -0.05) is 6.07 Å². The summed E-state index contributed by atoms with van der Waals surface area (Å²) in [6.45, 7) is 3.20. The lowest BCUT2D eigenvalue weighted by Gasteiger charge is -2.31. The van der Waals surface area contributed by atoms with E-state index in [0.717, 1.165) is 24.2 Å². The number of β-amino-alcohol motifs (C(OH)–C–C–N with tert-alkyl or cyclic N) is 1. The van der Waals surface area contributed by atoms with E-state index in [4.69, 9.17) is 4.74 Å². The van der Waals surface area contributed by atoms with Gasteiger partial charge in [-0.05, 0) is 39.6 Å². The highest BCUT2D eigenvalue weighted by atomic mass is 16.5. The minimum Gasteiger partial charge on any atom is -0.496 e. The zero-order chi connectivity index (χ0) is 15.6. The molecule has 2 rings (SSSR count). The zero-order valence-corrected chi connectivity index (χ0v) is 13.3. The first-order chi connectivity index (χ1) is 9.93. The predicted molar refractivity (Wildman–Crippen MR) is 83.9 cm³/mol. The van der Waals surface area contributed by atoms with Gasteiger partial charge in [-0.25, -0.2) is 0 Å². The fraction of sp³-hybridized carbons (Fsp3) is 0.625. The summed E-state index contributed by atoms with van der Waals surface area (Å²) in [4.78, 5) is 4.31. The molecule has 2 N–H and O–H groups in total.